The summed E-state index contributed by atoms with van der Waals surface area (Å²) >= 11 is 0. The van der Waals surface area contributed by atoms with E-state index in [0.717, 1.165) is 28.4 Å². The van der Waals surface area contributed by atoms with E-state index in [2.05, 4.69) is 15.8 Å². The highest BCUT2D eigenvalue weighted by Gasteiger charge is 2.11. The topological polar surface area (TPSA) is 76.4 Å². The summed E-state index contributed by atoms with van der Waals surface area (Å²) in [5.41, 5.74) is 4.07. The molecule has 4 rings (SSSR count). The molecule has 0 fully saturated rings. The standard InChI is InChI=1S/C24H21N3O3/c1-29-22-9-5-6-17(14-22)23-15-21(27-30-23)16-24(28)26-20-12-10-19(11-13-20)25-18-7-3-2-4-8-18/h2-15,25H,16H2,1H3,(H,26,28). The Hall–Kier alpha value is -4.06. The molecule has 0 spiro atoms. The number of anilines is 3. The average molecular weight is 399 g/mol. The molecule has 0 aliphatic carbocycles. The third-order valence-corrected chi connectivity index (χ3v) is 4.49. The van der Waals surface area contributed by atoms with Gasteiger partial charge in [0.25, 0.3) is 0 Å². The lowest BCUT2D eigenvalue weighted by Gasteiger charge is -2.08. The Kier molecular flexibility index (Phi) is 5.75. The van der Waals surface area contributed by atoms with Gasteiger partial charge in [0.1, 0.15) is 5.75 Å². The number of carbonyl (C=O) groups excluding carboxylic acids is 1. The molecule has 4 aromatic rings. The van der Waals surface area contributed by atoms with Crippen molar-refractivity contribution >= 4 is 23.0 Å². The van der Waals surface area contributed by atoms with E-state index in [0.29, 0.717) is 11.5 Å². The van der Waals surface area contributed by atoms with Gasteiger partial charge in [-0.3, -0.25) is 4.79 Å². The van der Waals surface area contributed by atoms with Crippen molar-refractivity contribution in [2.75, 3.05) is 17.7 Å². The molecule has 0 bridgehead atoms. The van der Waals surface area contributed by atoms with Crippen molar-refractivity contribution in [1.29, 1.82) is 0 Å². The van der Waals surface area contributed by atoms with Crippen LogP contribution in [-0.4, -0.2) is 18.2 Å². The molecular formula is C24H21N3O3. The van der Waals surface area contributed by atoms with Crippen LogP contribution in [0, 0.1) is 0 Å². The van der Waals surface area contributed by atoms with Gasteiger partial charge in [-0.15, -0.1) is 0 Å². The first kappa shape index (κ1) is 19.3. The molecule has 6 nitrogen and oxygen atoms in total. The van der Waals surface area contributed by atoms with Crippen LogP contribution in [0.5, 0.6) is 5.75 Å². The molecule has 0 unspecified atom stereocenters. The number of amides is 1. The first-order chi connectivity index (χ1) is 14.7. The smallest absolute Gasteiger partial charge is 0.230 e. The van der Waals surface area contributed by atoms with Crippen molar-refractivity contribution in [2.24, 2.45) is 0 Å². The lowest BCUT2D eigenvalue weighted by molar-refractivity contribution is -0.115. The van der Waals surface area contributed by atoms with Crippen LogP contribution in [0.15, 0.2) is 89.5 Å². The first-order valence-corrected chi connectivity index (χ1v) is 9.51. The zero-order chi connectivity index (χ0) is 20.8. The van der Waals surface area contributed by atoms with Gasteiger partial charge in [-0.2, -0.15) is 0 Å². The normalized spacial score (nSPS) is 10.4. The van der Waals surface area contributed by atoms with Crippen molar-refractivity contribution in [3.8, 4) is 17.1 Å². The summed E-state index contributed by atoms with van der Waals surface area (Å²) in [6, 6.07) is 26.7. The van der Waals surface area contributed by atoms with Gasteiger partial charge >= 0.3 is 0 Å². The number of nitrogens with one attached hydrogen (secondary N) is 2. The Balaban J connectivity index is 1.35. The fourth-order valence-electron chi connectivity index (χ4n) is 3.00. The maximum atomic E-state index is 12.4. The highest BCUT2D eigenvalue weighted by Crippen LogP contribution is 2.25. The van der Waals surface area contributed by atoms with Gasteiger partial charge in [-0.1, -0.05) is 35.5 Å². The Labute approximate surface area is 174 Å². The number of hydrogen-bond donors (Lipinski definition) is 2. The van der Waals surface area contributed by atoms with Gasteiger partial charge in [0.15, 0.2) is 5.76 Å². The first-order valence-electron chi connectivity index (χ1n) is 9.51. The molecule has 150 valence electrons. The van der Waals surface area contributed by atoms with Gasteiger partial charge < -0.3 is 19.9 Å². The largest absolute Gasteiger partial charge is 0.497 e. The summed E-state index contributed by atoms with van der Waals surface area (Å²) in [5, 5.41) is 10.2. The average Bonchev–Trinajstić information content (AvgIpc) is 3.24. The van der Waals surface area contributed by atoms with Gasteiger partial charge in [0.05, 0.1) is 19.2 Å². The second-order valence-electron chi connectivity index (χ2n) is 6.71. The maximum absolute atomic E-state index is 12.4. The number of hydrogen-bond acceptors (Lipinski definition) is 5. The lowest BCUT2D eigenvalue weighted by atomic mass is 10.1. The molecule has 1 heterocycles. The highest BCUT2D eigenvalue weighted by molar-refractivity contribution is 5.92. The predicted octanol–water partition coefficient (Wildman–Crippen LogP) is 5.28. The van der Waals surface area contributed by atoms with Crippen LogP contribution in [0.4, 0.5) is 17.1 Å². The Morgan fingerprint density at radius 2 is 1.63 bits per heavy atom. The molecule has 2 N–H and O–H groups in total. The van der Waals surface area contributed by atoms with Crippen LogP contribution in [0.25, 0.3) is 11.3 Å². The molecule has 1 amide bonds. The number of ether oxygens (including phenoxy) is 1. The molecule has 0 radical (unpaired) electrons. The number of methoxy groups -OCH3 is 1. The Morgan fingerprint density at radius 3 is 2.40 bits per heavy atom. The van der Waals surface area contributed by atoms with Gasteiger partial charge in [0, 0.05) is 28.7 Å². The third kappa shape index (κ3) is 4.86. The van der Waals surface area contributed by atoms with Crippen LogP contribution in [-0.2, 0) is 11.2 Å². The van der Waals surface area contributed by atoms with Gasteiger partial charge in [0.2, 0.25) is 5.91 Å². The Bertz CT molecular complexity index is 1120. The van der Waals surface area contributed by atoms with E-state index in [1.54, 1.807) is 13.2 Å². The van der Waals surface area contributed by atoms with Crippen LogP contribution in [0.1, 0.15) is 5.69 Å². The zero-order valence-electron chi connectivity index (χ0n) is 16.5. The summed E-state index contributed by atoms with van der Waals surface area (Å²) in [6.07, 6.45) is 0.123. The third-order valence-electron chi connectivity index (χ3n) is 4.49. The summed E-state index contributed by atoms with van der Waals surface area (Å²) in [4.78, 5) is 12.4. The molecule has 0 saturated heterocycles. The summed E-state index contributed by atoms with van der Waals surface area (Å²) in [6.45, 7) is 0. The molecular weight excluding hydrogens is 378 g/mol. The molecule has 0 saturated carbocycles. The van der Waals surface area contributed by atoms with E-state index in [4.69, 9.17) is 9.26 Å². The van der Waals surface area contributed by atoms with Crippen molar-refractivity contribution in [1.82, 2.24) is 5.16 Å². The molecule has 6 heteroatoms. The monoisotopic (exact) mass is 399 g/mol. The molecule has 0 atom stereocenters. The Morgan fingerprint density at radius 1 is 0.900 bits per heavy atom. The van der Waals surface area contributed by atoms with Gasteiger partial charge in [-0.05, 0) is 48.5 Å². The molecule has 3 aromatic carbocycles. The minimum atomic E-state index is -0.163. The lowest BCUT2D eigenvalue weighted by Crippen LogP contribution is -2.14. The second kappa shape index (κ2) is 8.96. The quantitative estimate of drug-likeness (QED) is 0.442. The number of nitrogens with zero attached hydrogens (tertiary/aromatic N) is 1. The van der Waals surface area contributed by atoms with E-state index in [-0.39, 0.29) is 12.3 Å². The second-order valence-corrected chi connectivity index (χ2v) is 6.71. The van der Waals surface area contributed by atoms with Crippen LogP contribution in [0.2, 0.25) is 0 Å². The minimum Gasteiger partial charge on any atom is -0.497 e. The van der Waals surface area contributed by atoms with E-state index >= 15 is 0 Å². The van der Waals surface area contributed by atoms with Crippen molar-refractivity contribution < 1.29 is 14.1 Å². The maximum Gasteiger partial charge on any atom is 0.230 e. The number of aromatic nitrogens is 1. The molecule has 30 heavy (non-hydrogen) atoms. The molecule has 1 aromatic heterocycles. The van der Waals surface area contributed by atoms with Gasteiger partial charge in [-0.25, -0.2) is 0 Å². The summed E-state index contributed by atoms with van der Waals surface area (Å²) in [7, 11) is 1.61. The number of para-hydroxylation sites is 1. The minimum absolute atomic E-state index is 0.123. The fourth-order valence-corrected chi connectivity index (χ4v) is 3.00. The van der Waals surface area contributed by atoms with E-state index in [1.165, 1.54) is 0 Å². The van der Waals surface area contributed by atoms with Crippen LogP contribution in [0.3, 0.4) is 0 Å². The van der Waals surface area contributed by atoms with Crippen LogP contribution < -0.4 is 15.4 Å². The van der Waals surface area contributed by atoms with E-state index in [1.807, 2.05) is 78.9 Å². The predicted molar refractivity (Wildman–Crippen MR) is 117 cm³/mol. The summed E-state index contributed by atoms with van der Waals surface area (Å²) in [5.74, 6) is 1.16. The zero-order valence-corrected chi connectivity index (χ0v) is 16.5. The number of rotatable bonds is 7. The van der Waals surface area contributed by atoms with E-state index in [9.17, 15) is 4.79 Å². The van der Waals surface area contributed by atoms with Crippen molar-refractivity contribution in [2.45, 2.75) is 6.42 Å². The van der Waals surface area contributed by atoms with Crippen molar-refractivity contribution in [3.05, 3.63) is 90.6 Å². The fraction of sp³-hybridized carbons (Fsp3) is 0.0833. The SMILES string of the molecule is COc1cccc(-c2cc(CC(=O)Nc3ccc(Nc4ccccc4)cc3)no2)c1. The molecule has 0 aliphatic heterocycles. The number of carbonyl (C=O) groups is 1. The van der Waals surface area contributed by atoms with Crippen LogP contribution >= 0.6 is 0 Å². The summed E-state index contributed by atoms with van der Waals surface area (Å²) < 4.78 is 10.6. The van der Waals surface area contributed by atoms with Crippen molar-refractivity contribution in [3.63, 3.8) is 0 Å². The number of benzene rings is 3. The van der Waals surface area contributed by atoms with E-state index < -0.39 is 0 Å². The molecule has 0 aliphatic rings. The highest BCUT2D eigenvalue weighted by atomic mass is 16.5.